The third-order valence-electron chi connectivity index (χ3n) is 3.09. The first-order chi connectivity index (χ1) is 9.79. The van der Waals surface area contributed by atoms with Crippen molar-refractivity contribution in [1.29, 1.82) is 0 Å². The van der Waals surface area contributed by atoms with Crippen LogP contribution in [0.2, 0.25) is 0 Å². The molecule has 0 fully saturated rings. The van der Waals surface area contributed by atoms with Crippen LogP contribution < -0.4 is 4.74 Å². The molecule has 2 aromatic carbocycles. The predicted molar refractivity (Wildman–Crippen MR) is 78.7 cm³/mol. The minimum atomic E-state index is 0.0618. The minimum absolute atomic E-state index is 0.0618. The van der Waals surface area contributed by atoms with Gasteiger partial charge in [0.05, 0.1) is 19.8 Å². The van der Waals surface area contributed by atoms with Crippen molar-refractivity contribution in [3.05, 3.63) is 65.2 Å². The van der Waals surface area contributed by atoms with Gasteiger partial charge in [-0.3, -0.25) is 0 Å². The number of aliphatic hydroxyl groups excluding tert-OH is 1. The summed E-state index contributed by atoms with van der Waals surface area (Å²) in [6.07, 6.45) is 0. The van der Waals surface area contributed by atoms with Crippen molar-refractivity contribution < 1.29 is 14.6 Å². The molecule has 2 aromatic rings. The Morgan fingerprint density at radius 2 is 1.80 bits per heavy atom. The molecule has 106 valence electrons. The summed E-state index contributed by atoms with van der Waals surface area (Å²) in [5.41, 5.74) is 3.13. The lowest BCUT2D eigenvalue weighted by Gasteiger charge is -2.09. The largest absolute Gasteiger partial charge is 0.491 e. The molecule has 3 nitrogen and oxygen atoms in total. The van der Waals surface area contributed by atoms with Gasteiger partial charge in [-0.2, -0.15) is 0 Å². The molecule has 0 heterocycles. The summed E-state index contributed by atoms with van der Waals surface area (Å²) in [6, 6.07) is 15.8. The smallest absolute Gasteiger partial charge is 0.119 e. The van der Waals surface area contributed by atoms with Gasteiger partial charge in [0.1, 0.15) is 12.4 Å². The Morgan fingerprint density at radius 3 is 2.50 bits per heavy atom. The van der Waals surface area contributed by atoms with Gasteiger partial charge in [-0.1, -0.05) is 36.4 Å². The molecule has 0 saturated heterocycles. The third kappa shape index (κ3) is 4.37. The second-order valence-corrected chi connectivity index (χ2v) is 4.63. The summed E-state index contributed by atoms with van der Waals surface area (Å²) in [7, 11) is 0. The van der Waals surface area contributed by atoms with E-state index in [4.69, 9.17) is 14.6 Å². The van der Waals surface area contributed by atoms with Crippen LogP contribution in [0.25, 0.3) is 0 Å². The molecular formula is C17H20O3. The van der Waals surface area contributed by atoms with Crippen LogP contribution in [0.3, 0.4) is 0 Å². The molecule has 0 aromatic heterocycles. The fourth-order valence-electron chi connectivity index (χ4n) is 1.92. The normalized spacial score (nSPS) is 10.5. The lowest BCUT2D eigenvalue weighted by atomic mass is 10.1. The van der Waals surface area contributed by atoms with Crippen LogP contribution in [-0.2, 0) is 18.0 Å². The molecule has 0 spiro atoms. The summed E-state index contributed by atoms with van der Waals surface area (Å²) in [6.45, 7) is 3.70. The molecule has 2 rings (SSSR count). The summed E-state index contributed by atoms with van der Waals surface area (Å²) in [5, 5.41) is 9.10. The maximum absolute atomic E-state index is 9.10. The number of benzene rings is 2. The quantitative estimate of drug-likeness (QED) is 0.787. The highest BCUT2D eigenvalue weighted by atomic mass is 16.5. The van der Waals surface area contributed by atoms with Gasteiger partial charge in [-0.25, -0.2) is 0 Å². The van der Waals surface area contributed by atoms with Crippen molar-refractivity contribution in [1.82, 2.24) is 0 Å². The van der Waals surface area contributed by atoms with Crippen molar-refractivity contribution in [2.24, 2.45) is 0 Å². The van der Waals surface area contributed by atoms with Crippen molar-refractivity contribution in [3.8, 4) is 5.75 Å². The van der Waals surface area contributed by atoms with E-state index in [-0.39, 0.29) is 6.61 Å². The molecule has 0 aliphatic rings. The summed E-state index contributed by atoms with van der Waals surface area (Å²) in [5.74, 6) is 0.808. The average molecular weight is 272 g/mol. The van der Waals surface area contributed by atoms with E-state index in [2.05, 4.69) is 0 Å². The molecule has 1 N–H and O–H groups in total. The fourth-order valence-corrected chi connectivity index (χ4v) is 1.92. The fraction of sp³-hybridized carbons (Fsp3) is 0.294. The van der Waals surface area contributed by atoms with Crippen LogP contribution in [0, 0.1) is 6.92 Å². The van der Waals surface area contributed by atoms with Gasteiger partial charge in [-0.15, -0.1) is 0 Å². The van der Waals surface area contributed by atoms with Crippen LogP contribution in [0.5, 0.6) is 5.75 Å². The topological polar surface area (TPSA) is 38.7 Å². The van der Waals surface area contributed by atoms with E-state index in [1.165, 1.54) is 0 Å². The molecule has 20 heavy (non-hydrogen) atoms. The minimum Gasteiger partial charge on any atom is -0.491 e. The Labute approximate surface area is 119 Å². The van der Waals surface area contributed by atoms with E-state index < -0.39 is 0 Å². The number of ether oxygens (including phenoxy) is 2. The maximum atomic E-state index is 9.10. The maximum Gasteiger partial charge on any atom is 0.119 e. The number of aliphatic hydroxyl groups is 1. The molecule has 0 aliphatic heterocycles. The Hall–Kier alpha value is -1.84. The summed E-state index contributed by atoms with van der Waals surface area (Å²) < 4.78 is 11.2. The molecule has 0 atom stereocenters. The van der Waals surface area contributed by atoms with Crippen LogP contribution in [0.1, 0.15) is 16.7 Å². The molecule has 3 heteroatoms. The Bertz CT molecular complexity index is 523. The van der Waals surface area contributed by atoms with Gasteiger partial charge >= 0.3 is 0 Å². The molecule has 0 radical (unpaired) electrons. The molecular weight excluding hydrogens is 252 g/mol. The van der Waals surface area contributed by atoms with E-state index in [0.717, 1.165) is 22.4 Å². The van der Waals surface area contributed by atoms with Crippen LogP contribution in [-0.4, -0.2) is 18.3 Å². The van der Waals surface area contributed by atoms with Crippen molar-refractivity contribution in [2.75, 3.05) is 13.2 Å². The first-order valence-corrected chi connectivity index (χ1v) is 6.74. The van der Waals surface area contributed by atoms with E-state index in [0.29, 0.717) is 19.8 Å². The predicted octanol–water partition coefficient (Wildman–Crippen LogP) is 3.08. The Kier molecular flexibility index (Phi) is 5.59. The highest BCUT2D eigenvalue weighted by Crippen LogP contribution is 2.17. The molecule has 0 aliphatic carbocycles. The first kappa shape index (κ1) is 14.6. The first-order valence-electron chi connectivity index (χ1n) is 6.74. The summed E-state index contributed by atoms with van der Waals surface area (Å²) in [4.78, 5) is 0. The van der Waals surface area contributed by atoms with Crippen molar-refractivity contribution >= 4 is 0 Å². The van der Waals surface area contributed by atoms with E-state index in [9.17, 15) is 0 Å². The zero-order valence-electron chi connectivity index (χ0n) is 11.7. The second-order valence-electron chi connectivity index (χ2n) is 4.63. The molecule has 0 unspecified atom stereocenters. The molecule has 0 bridgehead atoms. The molecule has 0 amide bonds. The Morgan fingerprint density at radius 1 is 1.00 bits per heavy atom. The van der Waals surface area contributed by atoms with Crippen molar-refractivity contribution in [3.63, 3.8) is 0 Å². The van der Waals surface area contributed by atoms with Gasteiger partial charge in [0.2, 0.25) is 0 Å². The number of rotatable bonds is 7. The zero-order valence-corrected chi connectivity index (χ0v) is 11.7. The lowest BCUT2D eigenvalue weighted by Crippen LogP contribution is -2.07. The number of aryl methyl sites for hydroxylation is 1. The third-order valence-corrected chi connectivity index (χ3v) is 3.09. The number of hydrogen-bond acceptors (Lipinski definition) is 3. The van der Waals surface area contributed by atoms with E-state index in [1.54, 1.807) is 0 Å². The highest BCUT2D eigenvalue weighted by Gasteiger charge is 2.00. The standard InChI is InChI=1S/C17H20O3/c1-14-11-17(8-7-16(14)12-18)20-10-9-19-13-15-5-3-2-4-6-15/h2-8,11,18H,9-10,12-13H2,1H3. The van der Waals surface area contributed by atoms with Crippen LogP contribution in [0.15, 0.2) is 48.5 Å². The SMILES string of the molecule is Cc1cc(OCCOCc2ccccc2)ccc1CO. The highest BCUT2D eigenvalue weighted by molar-refractivity contribution is 5.34. The molecule has 0 saturated carbocycles. The number of hydrogen-bond donors (Lipinski definition) is 1. The van der Waals surface area contributed by atoms with E-state index >= 15 is 0 Å². The van der Waals surface area contributed by atoms with E-state index in [1.807, 2.05) is 55.5 Å². The average Bonchev–Trinajstić information content (AvgIpc) is 2.48. The van der Waals surface area contributed by atoms with Crippen molar-refractivity contribution in [2.45, 2.75) is 20.1 Å². The summed E-state index contributed by atoms with van der Waals surface area (Å²) >= 11 is 0. The second kappa shape index (κ2) is 7.68. The van der Waals surface area contributed by atoms with Gasteiger partial charge < -0.3 is 14.6 Å². The van der Waals surface area contributed by atoms with Crippen LogP contribution in [0.4, 0.5) is 0 Å². The van der Waals surface area contributed by atoms with Crippen LogP contribution >= 0.6 is 0 Å². The van der Waals surface area contributed by atoms with Gasteiger partial charge in [-0.05, 0) is 35.7 Å². The van der Waals surface area contributed by atoms with Gasteiger partial charge in [0.15, 0.2) is 0 Å². The zero-order chi connectivity index (χ0) is 14.2. The van der Waals surface area contributed by atoms with Gasteiger partial charge in [0.25, 0.3) is 0 Å². The lowest BCUT2D eigenvalue weighted by molar-refractivity contribution is 0.0889. The Balaban J connectivity index is 1.69. The van der Waals surface area contributed by atoms with Gasteiger partial charge in [0, 0.05) is 0 Å². The monoisotopic (exact) mass is 272 g/mol.